The fourth-order valence-corrected chi connectivity index (χ4v) is 3.56. The van der Waals surface area contributed by atoms with E-state index in [9.17, 15) is 14.7 Å². The first-order valence-electron chi connectivity index (χ1n) is 7.00. The molecule has 0 radical (unpaired) electrons. The van der Waals surface area contributed by atoms with Crippen LogP contribution in [0.3, 0.4) is 0 Å². The number of rotatable bonds is 5. The molecule has 1 saturated heterocycles. The lowest BCUT2D eigenvalue weighted by molar-refractivity contribution is -0.145. The topological polar surface area (TPSA) is 57.6 Å². The van der Waals surface area contributed by atoms with E-state index in [0.29, 0.717) is 22.1 Å². The summed E-state index contributed by atoms with van der Waals surface area (Å²) in [5.41, 5.74) is 2.03. The van der Waals surface area contributed by atoms with Crippen molar-refractivity contribution in [3.05, 3.63) is 40.3 Å². The molecule has 1 N–H and O–H groups in total. The molecule has 0 bridgehead atoms. The standard InChI is InChI=1S/C16H17NO3S2/c1-3-4-12(15(19)20)17-14(18)13(22-16(17)21)9-11-7-5-10(2)6-8-11/h5-9,12H,3-4H2,1-2H3,(H,19,20)/b13-9-/t12-/m1/s1. The summed E-state index contributed by atoms with van der Waals surface area (Å²) in [5, 5.41) is 9.32. The molecule has 22 heavy (non-hydrogen) atoms. The SMILES string of the molecule is CCC[C@H](C(=O)O)N1C(=O)/C(=C/c2ccc(C)cc2)SC1=S. The second-order valence-electron chi connectivity index (χ2n) is 5.11. The van der Waals surface area contributed by atoms with Gasteiger partial charge in [0.05, 0.1) is 4.91 Å². The van der Waals surface area contributed by atoms with Crippen LogP contribution in [-0.2, 0) is 9.59 Å². The van der Waals surface area contributed by atoms with Gasteiger partial charge in [-0.3, -0.25) is 9.69 Å². The summed E-state index contributed by atoms with van der Waals surface area (Å²) >= 11 is 6.36. The second kappa shape index (κ2) is 7.07. The molecule has 4 nitrogen and oxygen atoms in total. The predicted molar refractivity (Wildman–Crippen MR) is 92.5 cm³/mol. The van der Waals surface area contributed by atoms with Gasteiger partial charge in [0.2, 0.25) is 0 Å². The van der Waals surface area contributed by atoms with Gasteiger partial charge in [-0.2, -0.15) is 0 Å². The Morgan fingerprint density at radius 1 is 1.41 bits per heavy atom. The maximum absolute atomic E-state index is 12.5. The van der Waals surface area contributed by atoms with E-state index in [4.69, 9.17) is 12.2 Å². The highest BCUT2D eigenvalue weighted by molar-refractivity contribution is 8.26. The van der Waals surface area contributed by atoms with Crippen LogP contribution in [0, 0.1) is 6.92 Å². The van der Waals surface area contributed by atoms with Crippen molar-refractivity contribution >= 4 is 46.3 Å². The van der Waals surface area contributed by atoms with E-state index in [0.717, 1.165) is 22.9 Å². The molecule has 1 aliphatic rings. The number of nitrogens with zero attached hydrogens (tertiary/aromatic N) is 1. The molecular formula is C16H17NO3S2. The van der Waals surface area contributed by atoms with Crippen molar-refractivity contribution in [2.24, 2.45) is 0 Å². The lowest BCUT2D eigenvalue weighted by atomic mass is 10.1. The average molecular weight is 335 g/mol. The van der Waals surface area contributed by atoms with E-state index in [1.807, 2.05) is 38.1 Å². The molecule has 1 heterocycles. The first-order valence-corrected chi connectivity index (χ1v) is 8.23. The van der Waals surface area contributed by atoms with Gasteiger partial charge in [-0.1, -0.05) is 67.2 Å². The largest absolute Gasteiger partial charge is 0.480 e. The lowest BCUT2D eigenvalue weighted by Gasteiger charge is -2.22. The van der Waals surface area contributed by atoms with Crippen LogP contribution in [0.25, 0.3) is 6.08 Å². The zero-order chi connectivity index (χ0) is 16.3. The van der Waals surface area contributed by atoms with Crippen LogP contribution in [-0.4, -0.2) is 32.2 Å². The normalized spacial score (nSPS) is 18.1. The Balaban J connectivity index is 2.27. The number of benzene rings is 1. The van der Waals surface area contributed by atoms with Crippen molar-refractivity contribution in [2.45, 2.75) is 32.7 Å². The third-order valence-corrected chi connectivity index (χ3v) is 4.69. The summed E-state index contributed by atoms with van der Waals surface area (Å²) in [6.07, 6.45) is 2.81. The molecule has 1 aromatic carbocycles. The third-order valence-electron chi connectivity index (χ3n) is 3.36. The Labute approximate surface area is 139 Å². The molecule has 0 spiro atoms. The summed E-state index contributed by atoms with van der Waals surface area (Å²) in [5.74, 6) is -1.34. The zero-order valence-corrected chi connectivity index (χ0v) is 14.0. The molecular weight excluding hydrogens is 318 g/mol. The van der Waals surface area contributed by atoms with Gasteiger partial charge < -0.3 is 5.11 Å². The van der Waals surface area contributed by atoms with E-state index < -0.39 is 12.0 Å². The first kappa shape index (κ1) is 16.7. The maximum Gasteiger partial charge on any atom is 0.326 e. The lowest BCUT2D eigenvalue weighted by Crippen LogP contribution is -2.43. The maximum atomic E-state index is 12.5. The zero-order valence-electron chi connectivity index (χ0n) is 12.4. The summed E-state index contributed by atoms with van der Waals surface area (Å²) in [7, 11) is 0. The monoisotopic (exact) mass is 335 g/mol. The number of aryl methyl sites for hydroxylation is 1. The van der Waals surface area contributed by atoms with Crippen molar-refractivity contribution in [1.82, 2.24) is 4.90 Å². The highest BCUT2D eigenvalue weighted by atomic mass is 32.2. The van der Waals surface area contributed by atoms with E-state index in [1.54, 1.807) is 6.08 Å². The van der Waals surface area contributed by atoms with Crippen molar-refractivity contribution in [3.8, 4) is 0 Å². The Morgan fingerprint density at radius 3 is 2.59 bits per heavy atom. The smallest absolute Gasteiger partial charge is 0.326 e. The molecule has 1 aliphatic heterocycles. The van der Waals surface area contributed by atoms with Crippen molar-refractivity contribution in [3.63, 3.8) is 0 Å². The Morgan fingerprint density at radius 2 is 2.05 bits per heavy atom. The van der Waals surface area contributed by atoms with Crippen LogP contribution in [0.5, 0.6) is 0 Å². The number of aliphatic carboxylic acids is 1. The van der Waals surface area contributed by atoms with E-state index in [2.05, 4.69) is 0 Å². The molecule has 1 fully saturated rings. The number of thioether (sulfide) groups is 1. The van der Waals surface area contributed by atoms with Gasteiger partial charge in [-0.25, -0.2) is 4.79 Å². The minimum atomic E-state index is -1.02. The number of hydrogen-bond donors (Lipinski definition) is 1. The van der Waals surface area contributed by atoms with Crippen molar-refractivity contribution in [2.75, 3.05) is 0 Å². The van der Waals surface area contributed by atoms with E-state index in [-0.39, 0.29) is 5.91 Å². The van der Waals surface area contributed by atoms with Gasteiger partial charge in [0.25, 0.3) is 5.91 Å². The summed E-state index contributed by atoms with van der Waals surface area (Å²) in [6, 6.07) is 6.87. The minimum Gasteiger partial charge on any atom is -0.480 e. The predicted octanol–water partition coefficient (Wildman–Crippen LogP) is 3.45. The summed E-state index contributed by atoms with van der Waals surface area (Å²) < 4.78 is 0.309. The van der Waals surface area contributed by atoms with E-state index >= 15 is 0 Å². The molecule has 6 heteroatoms. The van der Waals surface area contributed by atoms with Gasteiger partial charge >= 0.3 is 5.97 Å². The Hall–Kier alpha value is -1.66. The minimum absolute atomic E-state index is 0.309. The van der Waals surface area contributed by atoms with Crippen LogP contribution in [0.4, 0.5) is 0 Å². The van der Waals surface area contributed by atoms with Crippen molar-refractivity contribution in [1.29, 1.82) is 0 Å². The third kappa shape index (κ3) is 3.56. The van der Waals surface area contributed by atoms with Gasteiger partial charge in [-0.05, 0) is 25.0 Å². The Bertz CT molecular complexity index is 637. The fourth-order valence-electron chi connectivity index (χ4n) is 2.20. The summed E-state index contributed by atoms with van der Waals surface area (Å²) in [4.78, 5) is 25.6. The van der Waals surface area contributed by atoms with Gasteiger partial charge in [0.15, 0.2) is 0 Å². The van der Waals surface area contributed by atoms with Crippen molar-refractivity contribution < 1.29 is 14.7 Å². The molecule has 2 rings (SSSR count). The number of carboxylic acids is 1. The quantitative estimate of drug-likeness (QED) is 0.660. The molecule has 1 atom stereocenters. The van der Waals surface area contributed by atoms with Crippen LogP contribution in [0.2, 0.25) is 0 Å². The number of carboxylic acid groups (broad SMARTS) is 1. The molecule has 0 unspecified atom stereocenters. The van der Waals surface area contributed by atoms with Gasteiger partial charge in [0, 0.05) is 0 Å². The first-order chi connectivity index (χ1) is 10.4. The number of hydrogen-bond acceptors (Lipinski definition) is 4. The molecule has 1 aromatic rings. The molecule has 116 valence electrons. The van der Waals surface area contributed by atoms with Gasteiger partial charge in [0.1, 0.15) is 10.4 Å². The second-order valence-corrected chi connectivity index (χ2v) is 6.78. The molecule has 1 amide bonds. The van der Waals surface area contributed by atoms with Crippen LogP contribution in [0.15, 0.2) is 29.2 Å². The van der Waals surface area contributed by atoms with Crippen LogP contribution >= 0.6 is 24.0 Å². The fraction of sp³-hybridized carbons (Fsp3) is 0.312. The number of thiocarbonyl (C=S) groups is 1. The average Bonchev–Trinajstić information content (AvgIpc) is 2.73. The summed E-state index contributed by atoms with van der Waals surface area (Å²) in [6.45, 7) is 3.88. The number of carbonyl (C=O) groups is 2. The number of carbonyl (C=O) groups excluding carboxylic acids is 1. The molecule has 0 saturated carbocycles. The van der Waals surface area contributed by atoms with E-state index in [1.165, 1.54) is 4.90 Å². The van der Waals surface area contributed by atoms with Crippen LogP contribution < -0.4 is 0 Å². The Kier molecular flexibility index (Phi) is 5.37. The molecule has 0 aliphatic carbocycles. The highest BCUT2D eigenvalue weighted by Gasteiger charge is 2.39. The van der Waals surface area contributed by atoms with Crippen LogP contribution in [0.1, 0.15) is 30.9 Å². The van der Waals surface area contributed by atoms with Gasteiger partial charge in [-0.15, -0.1) is 0 Å². The number of amides is 1. The molecule has 0 aromatic heterocycles. The highest BCUT2D eigenvalue weighted by Crippen LogP contribution is 2.34.